The summed E-state index contributed by atoms with van der Waals surface area (Å²) in [5, 5.41) is 8.80. The molecule has 0 saturated heterocycles. The third kappa shape index (κ3) is 4.93. The number of amides is 4. The van der Waals surface area contributed by atoms with Crippen molar-refractivity contribution in [3.8, 4) is 0 Å². The lowest BCUT2D eigenvalue weighted by atomic mass is 9.53. The first-order valence-corrected chi connectivity index (χ1v) is 10.5. The molecule has 4 aliphatic rings. The van der Waals surface area contributed by atoms with Gasteiger partial charge in [-0.05, 0) is 70.1 Å². The van der Waals surface area contributed by atoms with Crippen molar-refractivity contribution in [1.29, 1.82) is 0 Å². The molecule has 0 aromatic carbocycles. The number of carbonyl (C=O) groups is 3. The molecule has 0 unspecified atom stereocenters. The molecule has 7 heteroatoms. The minimum Gasteiger partial charge on any atom is -0.355 e. The van der Waals surface area contributed by atoms with Gasteiger partial charge in [-0.1, -0.05) is 0 Å². The van der Waals surface area contributed by atoms with Gasteiger partial charge in [0.1, 0.15) is 0 Å². The minimum atomic E-state index is -0.156. The SMILES string of the molecule is CCNC(=O)CN(CC)C(=O)CCNC(=O)NC12CC3CC(CC(C3)C1)C2. The smallest absolute Gasteiger partial charge is 0.315 e. The Morgan fingerprint density at radius 1 is 0.963 bits per heavy atom. The molecule has 7 nitrogen and oxygen atoms in total. The standard InChI is InChI=1S/C20H34N4O3/c1-3-21-17(25)13-24(4-2)18(26)5-6-22-19(27)23-20-10-14-7-15(11-20)9-16(8-14)12-20/h14-16H,3-13H2,1-2H3,(H,21,25)(H2,22,23,27). The number of hydrogen-bond donors (Lipinski definition) is 3. The molecular formula is C20H34N4O3. The lowest BCUT2D eigenvalue weighted by Gasteiger charge is -2.56. The van der Waals surface area contributed by atoms with Crippen LogP contribution in [0, 0.1) is 17.8 Å². The molecule has 4 saturated carbocycles. The molecule has 0 radical (unpaired) electrons. The largest absolute Gasteiger partial charge is 0.355 e. The van der Waals surface area contributed by atoms with Crippen molar-refractivity contribution in [2.45, 2.75) is 64.3 Å². The fourth-order valence-electron chi connectivity index (χ4n) is 5.79. The Morgan fingerprint density at radius 2 is 1.56 bits per heavy atom. The van der Waals surface area contributed by atoms with Gasteiger partial charge in [0.05, 0.1) is 6.54 Å². The second-order valence-corrected chi connectivity index (χ2v) is 8.69. The van der Waals surface area contributed by atoms with Crippen LogP contribution in [-0.2, 0) is 9.59 Å². The van der Waals surface area contributed by atoms with Gasteiger partial charge < -0.3 is 20.9 Å². The summed E-state index contributed by atoms with van der Waals surface area (Å²) in [4.78, 5) is 37.9. The zero-order chi connectivity index (χ0) is 19.4. The summed E-state index contributed by atoms with van der Waals surface area (Å²) in [6.07, 6.45) is 7.58. The highest BCUT2D eigenvalue weighted by molar-refractivity contribution is 5.85. The summed E-state index contributed by atoms with van der Waals surface area (Å²) in [6.45, 7) is 5.10. The number of nitrogens with one attached hydrogen (secondary N) is 3. The van der Waals surface area contributed by atoms with E-state index in [1.165, 1.54) is 24.2 Å². The first-order valence-electron chi connectivity index (χ1n) is 10.5. The summed E-state index contributed by atoms with van der Waals surface area (Å²) in [5.74, 6) is 2.08. The van der Waals surface area contributed by atoms with Crippen LogP contribution in [0.1, 0.15) is 58.8 Å². The maximum atomic E-state index is 12.4. The van der Waals surface area contributed by atoms with Crippen molar-refractivity contribution >= 4 is 17.8 Å². The molecule has 0 aromatic rings. The quantitative estimate of drug-likeness (QED) is 0.600. The Bertz CT molecular complexity index is 542. The van der Waals surface area contributed by atoms with Crippen LogP contribution in [0.25, 0.3) is 0 Å². The molecule has 0 heterocycles. The van der Waals surface area contributed by atoms with Gasteiger partial charge in [0.2, 0.25) is 11.8 Å². The van der Waals surface area contributed by atoms with E-state index in [0.29, 0.717) is 19.6 Å². The van der Waals surface area contributed by atoms with Gasteiger partial charge in [0.15, 0.2) is 0 Å². The number of nitrogens with zero attached hydrogens (tertiary/aromatic N) is 1. The molecule has 0 atom stereocenters. The molecule has 3 N–H and O–H groups in total. The molecule has 0 aliphatic heterocycles. The van der Waals surface area contributed by atoms with E-state index in [4.69, 9.17) is 0 Å². The lowest BCUT2D eigenvalue weighted by Crippen LogP contribution is -2.61. The number of carbonyl (C=O) groups excluding carboxylic acids is 3. The summed E-state index contributed by atoms with van der Waals surface area (Å²) >= 11 is 0. The van der Waals surface area contributed by atoms with Gasteiger partial charge in [0.25, 0.3) is 0 Å². The topological polar surface area (TPSA) is 90.5 Å². The predicted octanol–water partition coefficient (Wildman–Crippen LogP) is 1.63. The summed E-state index contributed by atoms with van der Waals surface area (Å²) < 4.78 is 0. The fraction of sp³-hybridized carbons (Fsp3) is 0.850. The Labute approximate surface area is 162 Å². The molecule has 4 amide bonds. The Balaban J connectivity index is 1.40. The highest BCUT2D eigenvalue weighted by atomic mass is 16.2. The van der Waals surface area contributed by atoms with E-state index >= 15 is 0 Å². The summed E-state index contributed by atoms with van der Waals surface area (Å²) in [5.41, 5.74) is -0.0173. The number of likely N-dealkylation sites (N-methyl/N-ethyl adjacent to an activating group) is 2. The zero-order valence-corrected chi connectivity index (χ0v) is 16.7. The second-order valence-electron chi connectivity index (χ2n) is 8.69. The van der Waals surface area contributed by atoms with Crippen molar-refractivity contribution in [3.63, 3.8) is 0 Å². The van der Waals surface area contributed by atoms with Gasteiger partial charge in [-0.3, -0.25) is 9.59 Å². The van der Waals surface area contributed by atoms with Gasteiger partial charge in [-0.25, -0.2) is 4.79 Å². The molecule has 27 heavy (non-hydrogen) atoms. The second kappa shape index (κ2) is 8.48. The van der Waals surface area contributed by atoms with Crippen molar-refractivity contribution in [2.75, 3.05) is 26.2 Å². The van der Waals surface area contributed by atoms with Gasteiger partial charge in [-0.15, -0.1) is 0 Å². The van der Waals surface area contributed by atoms with Gasteiger partial charge in [-0.2, -0.15) is 0 Å². The molecule has 0 spiro atoms. The molecule has 4 rings (SSSR count). The van der Waals surface area contributed by atoms with E-state index < -0.39 is 0 Å². The normalized spacial score (nSPS) is 30.7. The Hall–Kier alpha value is -1.79. The first kappa shape index (κ1) is 20.0. The van der Waals surface area contributed by atoms with E-state index in [1.807, 2.05) is 13.8 Å². The minimum absolute atomic E-state index is 0.0173. The van der Waals surface area contributed by atoms with E-state index in [1.54, 1.807) is 0 Å². The maximum absolute atomic E-state index is 12.4. The monoisotopic (exact) mass is 378 g/mol. The molecule has 4 aliphatic carbocycles. The van der Waals surface area contributed by atoms with Crippen LogP contribution in [-0.4, -0.2) is 54.5 Å². The molecule has 4 fully saturated rings. The first-order chi connectivity index (χ1) is 12.9. The number of rotatable bonds is 8. The molecular weight excluding hydrogens is 344 g/mol. The van der Waals surface area contributed by atoms with E-state index in [0.717, 1.165) is 37.0 Å². The van der Waals surface area contributed by atoms with Crippen molar-refractivity contribution in [1.82, 2.24) is 20.9 Å². The van der Waals surface area contributed by atoms with Crippen LogP contribution in [0.5, 0.6) is 0 Å². The average Bonchev–Trinajstić information content (AvgIpc) is 2.58. The summed E-state index contributed by atoms with van der Waals surface area (Å²) in [6, 6.07) is -0.156. The molecule has 4 bridgehead atoms. The third-order valence-electron chi connectivity index (χ3n) is 6.48. The van der Waals surface area contributed by atoms with Gasteiger partial charge in [0, 0.05) is 31.6 Å². The van der Waals surface area contributed by atoms with Crippen LogP contribution in [0.15, 0.2) is 0 Å². The van der Waals surface area contributed by atoms with Crippen LogP contribution < -0.4 is 16.0 Å². The fourth-order valence-corrected chi connectivity index (χ4v) is 5.79. The number of hydrogen-bond acceptors (Lipinski definition) is 3. The predicted molar refractivity (Wildman–Crippen MR) is 103 cm³/mol. The van der Waals surface area contributed by atoms with Crippen molar-refractivity contribution in [3.05, 3.63) is 0 Å². The van der Waals surface area contributed by atoms with E-state index in [2.05, 4.69) is 16.0 Å². The molecule has 152 valence electrons. The van der Waals surface area contributed by atoms with Gasteiger partial charge >= 0.3 is 6.03 Å². The Kier molecular flexibility index (Phi) is 6.27. The van der Waals surface area contributed by atoms with E-state index in [9.17, 15) is 14.4 Å². The van der Waals surface area contributed by atoms with Crippen LogP contribution in [0.4, 0.5) is 4.79 Å². The maximum Gasteiger partial charge on any atom is 0.315 e. The molecule has 0 aromatic heterocycles. The Morgan fingerprint density at radius 3 is 2.07 bits per heavy atom. The number of urea groups is 1. The van der Waals surface area contributed by atoms with E-state index in [-0.39, 0.29) is 36.3 Å². The van der Waals surface area contributed by atoms with Crippen LogP contribution in [0.3, 0.4) is 0 Å². The third-order valence-corrected chi connectivity index (χ3v) is 6.48. The van der Waals surface area contributed by atoms with Crippen LogP contribution >= 0.6 is 0 Å². The highest BCUT2D eigenvalue weighted by Crippen LogP contribution is 2.55. The van der Waals surface area contributed by atoms with Crippen molar-refractivity contribution < 1.29 is 14.4 Å². The van der Waals surface area contributed by atoms with Crippen LogP contribution in [0.2, 0.25) is 0 Å². The summed E-state index contributed by atoms with van der Waals surface area (Å²) in [7, 11) is 0. The van der Waals surface area contributed by atoms with Crippen molar-refractivity contribution in [2.24, 2.45) is 17.8 Å². The highest BCUT2D eigenvalue weighted by Gasteiger charge is 2.51. The lowest BCUT2D eigenvalue weighted by molar-refractivity contribution is -0.135. The zero-order valence-electron chi connectivity index (χ0n) is 16.7. The average molecular weight is 379 g/mol.